The van der Waals surface area contributed by atoms with Gasteiger partial charge in [0.1, 0.15) is 0 Å². The van der Waals surface area contributed by atoms with Crippen molar-refractivity contribution in [2.45, 2.75) is 18.6 Å². The minimum atomic E-state index is -4.45. The molecule has 2 heterocycles. The lowest BCUT2D eigenvalue weighted by Gasteiger charge is -2.12. The van der Waals surface area contributed by atoms with Gasteiger partial charge in [0.05, 0.1) is 0 Å². The number of thiazole rings is 1. The summed E-state index contributed by atoms with van der Waals surface area (Å²) >= 11 is 0.865. The van der Waals surface area contributed by atoms with Crippen molar-refractivity contribution in [3.8, 4) is 0 Å². The number of alkyl halides is 3. The van der Waals surface area contributed by atoms with Gasteiger partial charge in [-0.3, -0.25) is 0 Å². The van der Waals surface area contributed by atoms with Crippen LogP contribution in [0.5, 0.6) is 0 Å². The molecule has 9 heteroatoms. The number of amides is 1. The highest BCUT2D eigenvalue weighted by atomic mass is 32.1. The molecule has 0 aliphatic carbocycles. The van der Waals surface area contributed by atoms with Crippen molar-refractivity contribution in [2.75, 3.05) is 18.4 Å². The van der Waals surface area contributed by atoms with Crippen molar-refractivity contribution < 1.29 is 23.1 Å². The summed E-state index contributed by atoms with van der Waals surface area (Å²) in [5.74, 6) is 0. The summed E-state index contributed by atoms with van der Waals surface area (Å²) in [6.07, 6.45) is -4.90. The molecule has 1 aliphatic heterocycles. The Labute approximate surface area is 104 Å². The number of hydrogen-bond donors (Lipinski definition) is 2. The Morgan fingerprint density at radius 2 is 2.33 bits per heavy atom. The predicted molar refractivity (Wildman–Crippen MR) is 58.7 cm³/mol. The van der Waals surface area contributed by atoms with Crippen molar-refractivity contribution >= 4 is 22.6 Å². The van der Waals surface area contributed by atoms with E-state index in [1.165, 1.54) is 4.90 Å². The highest BCUT2D eigenvalue weighted by Gasteiger charge is 2.34. The van der Waals surface area contributed by atoms with Crippen LogP contribution in [0.3, 0.4) is 0 Å². The van der Waals surface area contributed by atoms with Crippen LogP contribution >= 0.6 is 11.3 Å². The first-order chi connectivity index (χ1) is 8.36. The second kappa shape index (κ2) is 4.63. The molecule has 100 valence electrons. The van der Waals surface area contributed by atoms with Gasteiger partial charge in [-0.1, -0.05) is 0 Å². The van der Waals surface area contributed by atoms with Gasteiger partial charge in [-0.2, -0.15) is 13.2 Å². The lowest BCUT2D eigenvalue weighted by Crippen LogP contribution is -2.30. The van der Waals surface area contributed by atoms with Crippen LogP contribution in [-0.2, 0) is 6.18 Å². The summed E-state index contributed by atoms with van der Waals surface area (Å²) in [7, 11) is 0. The van der Waals surface area contributed by atoms with Gasteiger partial charge >= 0.3 is 12.3 Å². The van der Waals surface area contributed by atoms with E-state index in [0.29, 0.717) is 13.0 Å². The van der Waals surface area contributed by atoms with Gasteiger partial charge in [0.15, 0.2) is 10.8 Å². The molecular weight excluding hydrogens is 271 g/mol. The summed E-state index contributed by atoms with van der Waals surface area (Å²) in [6, 6.07) is -0.187. The topological polar surface area (TPSA) is 65.5 Å². The number of likely N-dealkylation sites (tertiary alicyclic amines) is 1. The molecule has 2 N–H and O–H groups in total. The molecule has 1 aromatic heterocycles. The molecule has 1 aliphatic rings. The fourth-order valence-electron chi connectivity index (χ4n) is 1.70. The summed E-state index contributed by atoms with van der Waals surface area (Å²) in [5, 5.41) is 12.7. The number of nitrogens with zero attached hydrogens (tertiary/aromatic N) is 2. The lowest BCUT2D eigenvalue weighted by atomic mass is 10.3. The number of carboxylic acid groups (broad SMARTS) is 1. The van der Waals surface area contributed by atoms with Gasteiger partial charge in [0.25, 0.3) is 0 Å². The second-order valence-corrected chi connectivity index (χ2v) is 4.75. The smallest absolute Gasteiger partial charge is 0.434 e. The van der Waals surface area contributed by atoms with E-state index in [0.717, 1.165) is 16.7 Å². The monoisotopic (exact) mass is 281 g/mol. The molecule has 0 spiro atoms. The highest BCUT2D eigenvalue weighted by molar-refractivity contribution is 7.13. The fourth-order valence-corrected chi connectivity index (χ4v) is 2.49. The summed E-state index contributed by atoms with van der Waals surface area (Å²) in [5.41, 5.74) is -0.928. The van der Waals surface area contributed by atoms with Crippen molar-refractivity contribution in [1.82, 2.24) is 9.88 Å². The molecule has 1 fully saturated rings. The van der Waals surface area contributed by atoms with E-state index in [1.54, 1.807) is 0 Å². The van der Waals surface area contributed by atoms with Crippen LogP contribution in [0.25, 0.3) is 0 Å². The average molecular weight is 281 g/mol. The number of hydrogen-bond acceptors (Lipinski definition) is 4. The van der Waals surface area contributed by atoms with Gasteiger partial charge in [0, 0.05) is 24.5 Å². The van der Waals surface area contributed by atoms with Crippen LogP contribution in [0, 0.1) is 0 Å². The number of carbonyl (C=O) groups is 1. The summed E-state index contributed by atoms with van der Waals surface area (Å²) in [6.45, 7) is 0.640. The first-order valence-corrected chi connectivity index (χ1v) is 6.01. The second-order valence-electron chi connectivity index (χ2n) is 3.89. The Bertz CT molecular complexity index is 449. The SMILES string of the molecule is O=C(O)N1CCC(Nc2nc(C(F)(F)F)cs2)C1. The predicted octanol–water partition coefficient (Wildman–Crippen LogP) is 2.33. The molecule has 18 heavy (non-hydrogen) atoms. The van der Waals surface area contributed by atoms with Gasteiger partial charge in [0.2, 0.25) is 0 Å². The number of rotatable bonds is 2. The van der Waals surface area contributed by atoms with E-state index in [2.05, 4.69) is 10.3 Å². The van der Waals surface area contributed by atoms with E-state index in [4.69, 9.17) is 5.11 Å². The lowest BCUT2D eigenvalue weighted by molar-refractivity contribution is -0.140. The van der Waals surface area contributed by atoms with Crippen LogP contribution in [0.2, 0.25) is 0 Å². The normalized spacial score (nSPS) is 20.2. The largest absolute Gasteiger partial charge is 0.465 e. The van der Waals surface area contributed by atoms with Gasteiger partial charge in [-0.05, 0) is 6.42 Å². The average Bonchev–Trinajstić information content (AvgIpc) is 2.85. The van der Waals surface area contributed by atoms with Crippen LogP contribution < -0.4 is 5.32 Å². The number of halogens is 3. The molecule has 0 bridgehead atoms. The van der Waals surface area contributed by atoms with Crippen LogP contribution in [0.4, 0.5) is 23.1 Å². The minimum Gasteiger partial charge on any atom is -0.465 e. The van der Waals surface area contributed by atoms with Gasteiger partial charge in [-0.25, -0.2) is 9.78 Å². The van der Waals surface area contributed by atoms with Gasteiger partial charge < -0.3 is 15.3 Å². The van der Waals surface area contributed by atoms with E-state index in [-0.39, 0.29) is 17.7 Å². The number of nitrogens with one attached hydrogen (secondary N) is 1. The first-order valence-electron chi connectivity index (χ1n) is 5.13. The first kappa shape index (κ1) is 12.9. The minimum absolute atomic E-state index is 0.166. The maximum absolute atomic E-state index is 12.3. The Morgan fingerprint density at radius 1 is 1.61 bits per heavy atom. The molecule has 1 amide bonds. The maximum atomic E-state index is 12.3. The molecular formula is C9H10F3N3O2S. The zero-order chi connectivity index (χ0) is 13.3. The zero-order valence-electron chi connectivity index (χ0n) is 9.07. The van der Waals surface area contributed by atoms with E-state index in [9.17, 15) is 18.0 Å². The van der Waals surface area contributed by atoms with Crippen LogP contribution in [0.15, 0.2) is 5.38 Å². The molecule has 1 atom stereocenters. The van der Waals surface area contributed by atoms with E-state index in [1.807, 2.05) is 0 Å². The van der Waals surface area contributed by atoms with Crippen LogP contribution in [-0.4, -0.2) is 40.2 Å². The molecule has 1 unspecified atom stereocenters. The van der Waals surface area contributed by atoms with Crippen molar-refractivity contribution in [3.05, 3.63) is 11.1 Å². The molecule has 5 nitrogen and oxygen atoms in total. The maximum Gasteiger partial charge on any atom is 0.434 e. The third-order valence-corrected chi connectivity index (χ3v) is 3.35. The Kier molecular flexibility index (Phi) is 3.33. The Hall–Kier alpha value is -1.51. The van der Waals surface area contributed by atoms with E-state index < -0.39 is 18.0 Å². The zero-order valence-corrected chi connectivity index (χ0v) is 9.88. The fraction of sp³-hybridized carbons (Fsp3) is 0.556. The van der Waals surface area contributed by atoms with Gasteiger partial charge in [-0.15, -0.1) is 11.3 Å². The third kappa shape index (κ3) is 2.84. The van der Waals surface area contributed by atoms with Crippen molar-refractivity contribution in [3.63, 3.8) is 0 Å². The molecule has 0 radical (unpaired) electrons. The molecule has 2 rings (SSSR count). The molecule has 1 saturated heterocycles. The van der Waals surface area contributed by atoms with Crippen LogP contribution in [0.1, 0.15) is 12.1 Å². The Morgan fingerprint density at radius 3 is 2.83 bits per heavy atom. The van der Waals surface area contributed by atoms with E-state index >= 15 is 0 Å². The number of aromatic nitrogens is 1. The van der Waals surface area contributed by atoms with Crippen molar-refractivity contribution in [1.29, 1.82) is 0 Å². The highest BCUT2D eigenvalue weighted by Crippen LogP contribution is 2.32. The quantitative estimate of drug-likeness (QED) is 0.873. The molecule has 0 saturated carbocycles. The molecule has 0 aromatic carbocycles. The summed E-state index contributed by atoms with van der Waals surface area (Å²) < 4.78 is 36.9. The number of anilines is 1. The standard InChI is InChI=1S/C9H10F3N3O2S/c10-9(11,12)6-4-18-7(14-6)13-5-1-2-15(3-5)8(16)17/h4-5H,1-3H2,(H,13,14)(H,16,17). The Balaban J connectivity index is 1.95. The molecule has 1 aromatic rings. The summed E-state index contributed by atoms with van der Waals surface area (Å²) in [4.78, 5) is 15.3. The third-order valence-electron chi connectivity index (χ3n) is 2.58. The van der Waals surface area contributed by atoms with Crippen molar-refractivity contribution in [2.24, 2.45) is 0 Å².